The number of nitrogens with two attached hydrogens (primary N) is 1. The van der Waals surface area contributed by atoms with Crippen LogP contribution < -0.4 is 11.1 Å². The molecule has 1 saturated carbocycles. The summed E-state index contributed by atoms with van der Waals surface area (Å²) in [5.74, 6) is 0.683. The lowest BCUT2D eigenvalue weighted by atomic mass is 10.1. The lowest BCUT2D eigenvalue weighted by Crippen LogP contribution is -2.35. The number of aliphatic hydroxyl groups excluding tert-OH is 2. The van der Waals surface area contributed by atoms with Crippen LogP contribution in [0.3, 0.4) is 0 Å². The second-order valence-electron chi connectivity index (χ2n) is 6.42. The van der Waals surface area contributed by atoms with Crippen LogP contribution in [0.4, 0.5) is 11.8 Å². The van der Waals surface area contributed by atoms with Crippen molar-refractivity contribution in [1.29, 1.82) is 0 Å². The maximum atomic E-state index is 10.2. The predicted molar refractivity (Wildman–Crippen MR) is 98.3 cm³/mol. The highest BCUT2D eigenvalue weighted by Crippen LogP contribution is 2.35. The Kier molecular flexibility index (Phi) is 4.03. The molecule has 0 amide bonds. The number of anilines is 2. The van der Waals surface area contributed by atoms with Gasteiger partial charge in [0.1, 0.15) is 16.9 Å². The Morgan fingerprint density at radius 2 is 2.00 bits per heavy atom. The molecule has 1 aromatic carbocycles. The summed E-state index contributed by atoms with van der Waals surface area (Å²) in [5, 5.41) is 24.2. The quantitative estimate of drug-likeness (QED) is 0.565. The van der Waals surface area contributed by atoms with Gasteiger partial charge in [0.25, 0.3) is 0 Å². The van der Waals surface area contributed by atoms with E-state index in [9.17, 15) is 10.2 Å². The summed E-state index contributed by atoms with van der Waals surface area (Å²) in [7, 11) is 0. The maximum Gasteiger partial charge on any atom is 0.221 e. The van der Waals surface area contributed by atoms with Crippen molar-refractivity contribution >= 4 is 33.3 Å². The number of para-hydroxylation sites is 1. The van der Waals surface area contributed by atoms with E-state index in [0.717, 1.165) is 20.8 Å². The molecule has 3 aromatic rings. The molecule has 1 aliphatic rings. The van der Waals surface area contributed by atoms with Crippen LogP contribution in [0.5, 0.6) is 0 Å². The number of thiazole rings is 1. The average molecular weight is 357 g/mol. The van der Waals surface area contributed by atoms with Gasteiger partial charge < -0.3 is 21.3 Å². The van der Waals surface area contributed by atoms with Crippen LogP contribution in [0.15, 0.2) is 30.5 Å². The van der Waals surface area contributed by atoms with Gasteiger partial charge in [-0.2, -0.15) is 4.98 Å². The third kappa shape index (κ3) is 2.92. The Morgan fingerprint density at radius 3 is 2.72 bits per heavy atom. The van der Waals surface area contributed by atoms with E-state index in [1.165, 1.54) is 0 Å². The fourth-order valence-electron chi connectivity index (χ4n) is 3.22. The first-order valence-electron chi connectivity index (χ1n) is 8.14. The molecule has 8 heteroatoms. The highest BCUT2D eigenvalue weighted by molar-refractivity contribution is 7.21. The van der Waals surface area contributed by atoms with Crippen molar-refractivity contribution in [2.45, 2.75) is 31.6 Å². The monoisotopic (exact) mass is 357 g/mol. The van der Waals surface area contributed by atoms with E-state index in [1.54, 1.807) is 17.5 Å². The smallest absolute Gasteiger partial charge is 0.221 e. The summed E-state index contributed by atoms with van der Waals surface area (Å²) in [6, 6.07) is 7.59. The van der Waals surface area contributed by atoms with Gasteiger partial charge in [-0.05, 0) is 24.5 Å². The van der Waals surface area contributed by atoms with Crippen molar-refractivity contribution in [1.82, 2.24) is 15.0 Å². The molecule has 7 nitrogen and oxygen atoms in total. The Hall–Kier alpha value is -2.29. The Balaban J connectivity index is 1.72. The fraction of sp³-hybridized carbons (Fsp3) is 0.353. The fourth-order valence-corrected chi connectivity index (χ4v) is 4.20. The zero-order valence-corrected chi connectivity index (χ0v) is 14.4. The molecule has 1 aliphatic carbocycles. The van der Waals surface area contributed by atoms with Gasteiger partial charge in [-0.1, -0.05) is 19.1 Å². The van der Waals surface area contributed by atoms with Crippen LogP contribution >= 0.6 is 11.3 Å². The van der Waals surface area contributed by atoms with Crippen molar-refractivity contribution < 1.29 is 10.2 Å². The van der Waals surface area contributed by atoms with Crippen LogP contribution in [0, 0.1) is 5.92 Å². The van der Waals surface area contributed by atoms with Crippen LogP contribution in [-0.2, 0) is 0 Å². The average Bonchev–Trinajstić information content (AvgIpc) is 3.12. The molecule has 0 unspecified atom stereocenters. The van der Waals surface area contributed by atoms with Crippen LogP contribution in [-0.4, -0.2) is 43.4 Å². The molecule has 0 radical (unpaired) electrons. The number of aliphatic hydroxyl groups is 2. The first-order chi connectivity index (χ1) is 12.0. The lowest BCUT2D eigenvalue weighted by Gasteiger charge is -2.19. The van der Waals surface area contributed by atoms with E-state index in [-0.39, 0.29) is 17.9 Å². The number of hydrogen-bond donors (Lipinski definition) is 4. The molecule has 25 heavy (non-hydrogen) atoms. The van der Waals surface area contributed by atoms with Gasteiger partial charge in [0.2, 0.25) is 5.95 Å². The minimum atomic E-state index is -0.852. The van der Waals surface area contributed by atoms with Gasteiger partial charge in [-0.15, -0.1) is 11.3 Å². The molecule has 1 fully saturated rings. The standard InChI is InChI=1S/C17H19N5O2S/c1-8-6-11(14(24)13(8)23)20-15-9(7-19-17(18)22-15)16-21-10-4-2-3-5-12(10)25-16/h2-5,7-8,11,13-14,23-24H,6H2,1H3,(H3,18,19,20,22)/t8-,11+,13+,14-/m0/s1. The Morgan fingerprint density at radius 1 is 1.20 bits per heavy atom. The number of fused-ring (bicyclic) bond motifs is 1. The molecule has 5 N–H and O–H groups in total. The normalized spacial score (nSPS) is 26.2. The number of nitrogens with zero attached hydrogens (tertiary/aromatic N) is 3. The number of rotatable bonds is 3. The summed E-state index contributed by atoms with van der Waals surface area (Å²) in [6.07, 6.45) is 0.687. The zero-order valence-electron chi connectivity index (χ0n) is 13.6. The molecule has 0 aliphatic heterocycles. The molecular formula is C17H19N5O2S. The zero-order chi connectivity index (χ0) is 17.6. The van der Waals surface area contributed by atoms with E-state index in [4.69, 9.17) is 5.73 Å². The Labute approximate surface area is 148 Å². The van der Waals surface area contributed by atoms with Crippen LogP contribution in [0.1, 0.15) is 13.3 Å². The van der Waals surface area contributed by atoms with Gasteiger partial charge >= 0.3 is 0 Å². The molecule has 2 heterocycles. The molecule has 0 bridgehead atoms. The minimum Gasteiger partial charge on any atom is -0.390 e. The third-order valence-electron chi connectivity index (χ3n) is 4.62. The largest absolute Gasteiger partial charge is 0.390 e. The first-order valence-corrected chi connectivity index (χ1v) is 8.95. The molecule has 2 aromatic heterocycles. The topological polar surface area (TPSA) is 117 Å². The van der Waals surface area contributed by atoms with E-state index in [1.807, 2.05) is 31.2 Å². The van der Waals surface area contributed by atoms with E-state index in [2.05, 4.69) is 20.3 Å². The van der Waals surface area contributed by atoms with Gasteiger partial charge in [0.05, 0.1) is 27.9 Å². The summed E-state index contributed by atoms with van der Waals surface area (Å²) >= 11 is 1.55. The maximum absolute atomic E-state index is 10.2. The second-order valence-corrected chi connectivity index (χ2v) is 7.45. The summed E-state index contributed by atoms with van der Waals surface area (Å²) in [5.41, 5.74) is 7.40. The lowest BCUT2D eigenvalue weighted by molar-refractivity contribution is 0.0210. The molecule has 0 spiro atoms. The molecule has 4 atom stereocenters. The third-order valence-corrected chi connectivity index (χ3v) is 5.69. The van der Waals surface area contributed by atoms with E-state index in [0.29, 0.717) is 12.2 Å². The Bertz CT molecular complexity index is 882. The number of hydrogen-bond acceptors (Lipinski definition) is 8. The second kappa shape index (κ2) is 6.21. The highest BCUT2D eigenvalue weighted by atomic mass is 32.1. The van der Waals surface area contributed by atoms with Crippen LogP contribution in [0.25, 0.3) is 20.8 Å². The van der Waals surface area contributed by atoms with Crippen molar-refractivity contribution in [2.24, 2.45) is 5.92 Å². The number of benzene rings is 1. The molecular weight excluding hydrogens is 338 g/mol. The van der Waals surface area contributed by atoms with Gasteiger partial charge in [0, 0.05) is 6.20 Å². The van der Waals surface area contributed by atoms with Gasteiger partial charge in [-0.25, -0.2) is 9.97 Å². The van der Waals surface area contributed by atoms with E-state index >= 15 is 0 Å². The van der Waals surface area contributed by atoms with Crippen molar-refractivity contribution in [2.75, 3.05) is 11.1 Å². The van der Waals surface area contributed by atoms with Gasteiger partial charge in [-0.3, -0.25) is 0 Å². The summed E-state index contributed by atoms with van der Waals surface area (Å²) in [6.45, 7) is 1.92. The number of nitrogen functional groups attached to an aromatic ring is 1. The van der Waals surface area contributed by atoms with Gasteiger partial charge in [0.15, 0.2) is 0 Å². The van der Waals surface area contributed by atoms with Crippen molar-refractivity contribution in [3.63, 3.8) is 0 Å². The van der Waals surface area contributed by atoms with Crippen molar-refractivity contribution in [3.8, 4) is 10.6 Å². The minimum absolute atomic E-state index is 0.0117. The number of nitrogens with one attached hydrogen (secondary N) is 1. The first kappa shape index (κ1) is 16.2. The van der Waals surface area contributed by atoms with Crippen molar-refractivity contribution in [3.05, 3.63) is 30.5 Å². The van der Waals surface area contributed by atoms with E-state index < -0.39 is 12.2 Å². The summed E-state index contributed by atoms with van der Waals surface area (Å²) in [4.78, 5) is 13.0. The SMILES string of the molecule is C[C@H]1C[C@@H](Nc2nc(N)ncc2-c2nc3ccccc3s2)[C@H](O)[C@@H]1O. The molecule has 0 saturated heterocycles. The molecule has 130 valence electrons. The van der Waals surface area contributed by atoms with Crippen LogP contribution in [0.2, 0.25) is 0 Å². The highest BCUT2D eigenvalue weighted by Gasteiger charge is 2.39. The predicted octanol–water partition coefficient (Wildman–Crippen LogP) is 1.88. The molecule has 4 rings (SSSR count). The number of aromatic nitrogens is 3. The summed E-state index contributed by atoms with van der Waals surface area (Å²) < 4.78 is 1.07.